The maximum Gasteiger partial charge on any atom is 0.247 e. The number of thioether (sulfide) groups is 1. The van der Waals surface area contributed by atoms with Gasteiger partial charge in [-0.2, -0.15) is 0 Å². The Morgan fingerprint density at radius 3 is 2.33 bits per heavy atom. The molecule has 2 saturated heterocycles. The summed E-state index contributed by atoms with van der Waals surface area (Å²) in [5.74, 6) is -1.10. The number of carbonyl (C=O) groups is 3. The summed E-state index contributed by atoms with van der Waals surface area (Å²) in [6.07, 6.45) is 8.88. The van der Waals surface area contributed by atoms with Crippen molar-refractivity contribution < 1.29 is 24.2 Å². The normalized spacial score (nSPS) is 30.2. The summed E-state index contributed by atoms with van der Waals surface area (Å²) in [5, 5.41) is 9.99. The molecule has 4 aliphatic rings. The van der Waals surface area contributed by atoms with E-state index in [1.54, 1.807) is 28.5 Å². The summed E-state index contributed by atoms with van der Waals surface area (Å²) < 4.78 is 4.67. The Hall–Kier alpha value is -2.78. The van der Waals surface area contributed by atoms with Crippen LogP contribution >= 0.6 is 11.8 Å². The van der Waals surface area contributed by atoms with Crippen LogP contribution in [0.4, 0.5) is 5.69 Å². The number of likely N-dealkylation sites (tertiary alicyclic amines) is 1. The van der Waals surface area contributed by atoms with Crippen LogP contribution in [0.15, 0.2) is 48.6 Å². The third kappa shape index (κ3) is 5.06. The van der Waals surface area contributed by atoms with Gasteiger partial charge in [0.1, 0.15) is 11.8 Å². The van der Waals surface area contributed by atoms with Crippen molar-refractivity contribution in [2.24, 2.45) is 17.3 Å². The first kappa shape index (κ1) is 30.7. The number of aliphatic hydroxyl groups is 1. The maximum absolute atomic E-state index is 14.7. The van der Waals surface area contributed by atoms with E-state index in [1.165, 1.54) is 0 Å². The van der Waals surface area contributed by atoms with Gasteiger partial charge in [-0.15, -0.1) is 11.8 Å². The Balaban J connectivity index is 1.56. The molecule has 1 N–H and O–H groups in total. The highest BCUT2D eigenvalue weighted by Crippen LogP contribution is 2.61. The van der Waals surface area contributed by atoms with Crippen molar-refractivity contribution in [2.75, 3.05) is 31.2 Å². The molecule has 1 spiro atoms. The fraction of sp³-hybridized carbons (Fsp3) is 0.606. The summed E-state index contributed by atoms with van der Waals surface area (Å²) in [6.45, 7) is 15.5. The molecule has 3 amide bonds. The summed E-state index contributed by atoms with van der Waals surface area (Å²) >= 11 is 1.57. The lowest BCUT2D eigenvalue weighted by molar-refractivity contribution is -0.148. The molecular weight excluding hydrogens is 550 g/mol. The average Bonchev–Trinajstić information content (AvgIpc) is 3.23. The van der Waals surface area contributed by atoms with Crippen LogP contribution in [0.25, 0.3) is 0 Å². The van der Waals surface area contributed by atoms with Crippen LogP contribution < -0.4 is 9.64 Å². The Bertz CT molecular complexity index is 1290. The predicted octanol–water partition coefficient (Wildman–Crippen LogP) is 4.28. The van der Waals surface area contributed by atoms with E-state index in [-0.39, 0.29) is 35.0 Å². The van der Waals surface area contributed by atoms with E-state index < -0.39 is 34.2 Å². The molecule has 228 valence electrons. The minimum absolute atomic E-state index is 0.0135. The lowest BCUT2D eigenvalue weighted by Crippen LogP contribution is -2.60. The molecule has 0 aromatic heterocycles. The van der Waals surface area contributed by atoms with Crippen molar-refractivity contribution in [2.45, 2.75) is 82.5 Å². The number of benzene rings is 1. The number of ether oxygens (including phenoxy) is 1. The van der Waals surface area contributed by atoms with Gasteiger partial charge < -0.3 is 24.5 Å². The average molecular weight is 596 g/mol. The maximum atomic E-state index is 14.7. The number of hydrogen-bond acceptors (Lipinski definition) is 6. The minimum atomic E-state index is -0.915. The zero-order chi connectivity index (χ0) is 30.6. The van der Waals surface area contributed by atoms with Gasteiger partial charge >= 0.3 is 0 Å². The number of carbonyl (C=O) groups excluding carboxylic acids is 3. The predicted molar refractivity (Wildman–Crippen MR) is 166 cm³/mol. The van der Waals surface area contributed by atoms with Crippen molar-refractivity contribution in [3.8, 4) is 5.75 Å². The quantitative estimate of drug-likeness (QED) is 0.474. The second-order valence-corrected chi connectivity index (χ2v) is 15.3. The van der Waals surface area contributed by atoms with Crippen molar-refractivity contribution in [3.63, 3.8) is 0 Å². The van der Waals surface area contributed by atoms with E-state index in [1.807, 2.05) is 60.4 Å². The largest absolute Gasteiger partial charge is 0.494 e. The van der Waals surface area contributed by atoms with E-state index >= 15 is 0 Å². The second kappa shape index (κ2) is 11.1. The zero-order valence-corrected chi connectivity index (χ0v) is 26.7. The molecular formula is C33H45N3O5S. The van der Waals surface area contributed by atoms with E-state index in [0.717, 1.165) is 17.9 Å². The zero-order valence-electron chi connectivity index (χ0n) is 25.9. The number of anilines is 1. The fourth-order valence-electron chi connectivity index (χ4n) is 7.70. The summed E-state index contributed by atoms with van der Waals surface area (Å²) in [5.41, 5.74) is 0.263. The first-order valence-electron chi connectivity index (χ1n) is 15.1. The molecule has 0 aliphatic carbocycles. The number of rotatable bonds is 7. The molecule has 0 saturated carbocycles. The molecule has 2 fully saturated rings. The van der Waals surface area contributed by atoms with Crippen LogP contribution in [0.1, 0.15) is 54.9 Å². The van der Waals surface area contributed by atoms with E-state index in [0.29, 0.717) is 19.7 Å². The van der Waals surface area contributed by atoms with Gasteiger partial charge in [0.2, 0.25) is 17.7 Å². The minimum Gasteiger partial charge on any atom is -0.494 e. The molecule has 1 unspecified atom stereocenters. The third-order valence-corrected chi connectivity index (χ3v) is 10.7. The van der Waals surface area contributed by atoms with E-state index in [4.69, 9.17) is 4.74 Å². The topological polar surface area (TPSA) is 90.4 Å². The van der Waals surface area contributed by atoms with Crippen molar-refractivity contribution >= 4 is 35.2 Å². The molecule has 42 heavy (non-hydrogen) atoms. The van der Waals surface area contributed by atoms with Gasteiger partial charge in [-0.25, -0.2) is 0 Å². The van der Waals surface area contributed by atoms with E-state index in [2.05, 4.69) is 34.6 Å². The number of fused-ring (bicyclic) bond motifs is 2. The molecule has 1 aromatic rings. The van der Waals surface area contributed by atoms with Gasteiger partial charge in [-0.1, -0.05) is 45.1 Å². The second-order valence-electron chi connectivity index (χ2n) is 13.8. The lowest BCUT2D eigenvalue weighted by atomic mass is 9.77. The van der Waals surface area contributed by atoms with Crippen molar-refractivity contribution in [1.29, 1.82) is 0 Å². The summed E-state index contributed by atoms with van der Waals surface area (Å²) in [7, 11) is 0. The smallest absolute Gasteiger partial charge is 0.247 e. The first-order chi connectivity index (χ1) is 19.8. The molecule has 4 aliphatic heterocycles. The van der Waals surface area contributed by atoms with E-state index in [9.17, 15) is 19.5 Å². The Morgan fingerprint density at radius 1 is 1.02 bits per heavy atom. The van der Waals surface area contributed by atoms with Crippen LogP contribution in [0.3, 0.4) is 0 Å². The van der Waals surface area contributed by atoms with Crippen molar-refractivity contribution in [3.05, 3.63) is 48.6 Å². The summed E-state index contributed by atoms with van der Waals surface area (Å²) in [6, 6.07) is 6.07. The van der Waals surface area contributed by atoms with Gasteiger partial charge in [0.05, 0.1) is 35.8 Å². The first-order valence-corrected chi connectivity index (χ1v) is 15.9. The standard InChI is InChI=1S/C33H45N3O5S/c1-8-41-23-14-12-22(13-15-23)34-17-9-11-24-25(28(34)38)26-29(39)36(21(2)19-37)27-30(40)35(18-10-16-33(26,27)42-24)32(6,7)20-31(3,4)5/h9-16,21,24-27,37H,8,17-20H2,1-7H3/t21-,24+,25-,26+,27?,33+/m1/s1. The number of nitrogens with zero attached hydrogens (tertiary/aromatic N) is 3. The fourth-order valence-corrected chi connectivity index (χ4v) is 9.69. The molecule has 5 rings (SSSR count). The molecule has 1 aromatic carbocycles. The van der Waals surface area contributed by atoms with Crippen LogP contribution in [-0.4, -0.2) is 86.6 Å². The molecule has 4 heterocycles. The van der Waals surface area contributed by atoms with Crippen LogP contribution in [0, 0.1) is 17.3 Å². The number of aliphatic hydroxyl groups excluding tert-OH is 1. The van der Waals surface area contributed by atoms with Crippen LogP contribution in [-0.2, 0) is 14.4 Å². The van der Waals surface area contributed by atoms with Gasteiger partial charge in [-0.3, -0.25) is 14.4 Å². The van der Waals surface area contributed by atoms with Gasteiger partial charge in [0, 0.05) is 29.6 Å². The number of hydrogen-bond donors (Lipinski definition) is 1. The lowest BCUT2D eigenvalue weighted by Gasteiger charge is -2.45. The Morgan fingerprint density at radius 2 is 1.71 bits per heavy atom. The van der Waals surface area contributed by atoms with Crippen LogP contribution in [0.2, 0.25) is 0 Å². The molecule has 9 heteroatoms. The molecule has 0 bridgehead atoms. The van der Waals surface area contributed by atoms with Crippen LogP contribution in [0.5, 0.6) is 5.75 Å². The third-order valence-electron chi connectivity index (χ3n) is 8.99. The monoisotopic (exact) mass is 595 g/mol. The highest BCUT2D eigenvalue weighted by molar-refractivity contribution is 8.02. The van der Waals surface area contributed by atoms with Gasteiger partial charge in [-0.05, 0) is 63.8 Å². The SMILES string of the molecule is CCOc1ccc(N2CC=C[C@@H]3S[C@]45C=CCN(C(C)(C)CC(C)(C)C)C(=O)C4N([C@H](C)CO)C(=O)[C@@H]5[C@@H]3C2=O)cc1. The van der Waals surface area contributed by atoms with Gasteiger partial charge in [0.15, 0.2) is 0 Å². The summed E-state index contributed by atoms with van der Waals surface area (Å²) in [4.78, 5) is 48.7. The highest BCUT2D eigenvalue weighted by atomic mass is 32.2. The van der Waals surface area contributed by atoms with Crippen molar-refractivity contribution in [1.82, 2.24) is 9.80 Å². The molecule has 6 atom stereocenters. The number of amides is 3. The highest BCUT2D eigenvalue weighted by Gasteiger charge is 2.72. The molecule has 8 nitrogen and oxygen atoms in total. The Kier molecular flexibility index (Phi) is 8.07. The Labute approximate surface area is 254 Å². The van der Waals surface area contributed by atoms with Gasteiger partial charge in [0.25, 0.3) is 0 Å². The molecule has 0 radical (unpaired) electrons.